The summed E-state index contributed by atoms with van der Waals surface area (Å²) in [7, 11) is 0. The highest BCUT2D eigenvalue weighted by Gasteiger charge is 2.13. The van der Waals surface area contributed by atoms with Gasteiger partial charge in [0.2, 0.25) is 0 Å². The molecule has 1 amide bonds. The number of nitrogens with zero attached hydrogens (tertiary/aromatic N) is 1. The Kier molecular flexibility index (Phi) is 7.28. The average molecular weight is 395 g/mol. The molecule has 3 aromatic rings. The predicted molar refractivity (Wildman–Crippen MR) is 106 cm³/mol. The van der Waals surface area contributed by atoms with E-state index in [9.17, 15) is 9.90 Å². The number of rotatable bonds is 5. The van der Waals surface area contributed by atoms with Crippen LogP contribution in [0.1, 0.15) is 23.0 Å². The van der Waals surface area contributed by atoms with Gasteiger partial charge in [-0.15, -0.1) is 0 Å². The molecule has 150 valence electrons. The van der Waals surface area contributed by atoms with E-state index in [1.165, 1.54) is 12.1 Å². The Morgan fingerprint density at radius 1 is 1.24 bits per heavy atom. The van der Waals surface area contributed by atoms with Gasteiger partial charge >= 0.3 is 6.15 Å². The smallest absolute Gasteiger partial charge is 0.373 e. The van der Waals surface area contributed by atoms with Crippen molar-refractivity contribution in [3.63, 3.8) is 0 Å². The van der Waals surface area contributed by atoms with Crippen molar-refractivity contribution < 1.29 is 24.2 Å². The third-order valence-electron chi connectivity index (χ3n) is 3.93. The zero-order valence-electron chi connectivity index (χ0n) is 16.0. The minimum Gasteiger partial charge on any atom is -0.508 e. The molecule has 2 aromatic carbocycles. The second-order valence-electron chi connectivity index (χ2n) is 6.32. The van der Waals surface area contributed by atoms with Crippen LogP contribution in [0.2, 0.25) is 0 Å². The molecule has 0 unspecified atom stereocenters. The van der Waals surface area contributed by atoms with Crippen LogP contribution in [0.5, 0.6) is 11.5 Å². The van der Waals surface area contributed by atoms with E-state index in [2.05, 4.69) is 10.3 Å². The standard InChI is InChI=1S/C20H21N3O3.CO2/c1-12-9-16(21)19-17(22-12)7-4-8-18(19)26-11-13(2)23-20(25)14-5-3-6-15(24)10-14;2-1-3/h3-10,13,24H,11H2,1-2H3,(H2,21,22)(H,23,25);/t13-;/m0./s1. The summed E-state index contributed by atoms with van der Waals surface area (Å²) in [6.45, 7) is 4.01. The molecule has 0 aliphatic heterocycles. The Morgan fingerprint density at radius 2 is 1.93 bits per heavy atom. The van der Waals surface area contributed by atoms with Crippen molar-refractivity contribution in [2.45, 2.75) is 19.9 Å². The number of phenolic OH excluding ortho intramolecular Hbond substituents is 1. The SMILES string of the molecule is Cc1cc(N)c2c(OC[C@H](C)NC(=O)c3cccc(O)c3)cccc2n1.O=C=O. The molecule has 8 heteroatoms. The Morgan fingerprint density at radius 3 is 2.62 bits per heavy atom. The molecule has 4 N–H and O–H groups in total. The highest BCUT2D eigenvalue weighted by Crippen LogP contribution is 2.30. The van der Waals surface area contributed by atoms with Crippen LogP contribution in [-0.4, -0.2) is 34.8 Å². The molecule has 1 aromatic heterocycles. The molecule has 0 aliphatic carbocycles. The first-order valence-electron chi connectivity index (χ1n) is 8.73. The van der Waals surface area contributed by atoms with Crippen LogP contribution >= 0.6 is 0 Å². The van der Waals surface area contributed by atoms with Gasteiger partial charge in [-0.05, 0) is 50.2 Å². The zero-order valence-corrected chi connectivity index (χ0v) is 16.0. The summed E-state index contributed by atoms with van der Waals surface area (Å²) >= 11 is 0. The van der Waals surface area contributed by atoms with Crippen LogP contribution in [0.4, 0.5) is 5.69 Å². The largest absolute Gasteiger partial charge is 0.508 e. The molecule has 0 fully saturated rings. The lowest BCUT2D eigenvalue weighted by Crippen LogP contribution is -2.36. The lowest BCUT2D eigenvalue weighted by Gasteiger charge is -2.17. The molecular weight excluding hydrogens is 374 g/mol. The van der Waals surface area contributed by atoms with Crippen LogP contribution in [0.15, 0.2) is 48.5 Å². The molecule has 8 nitrogen and oxygen atoms in total. The van der Waals surface area contributed by atoms with Crippen molar-refractivity contribution in [2.24, 2.45) is 0 Å². The van der Waals surface area contributed by atoms with Crippen molar-refractivity contribution in [3.05, 3.63) is 59.8 Å². The lowest BCUT2D eigenvalue weighted by atomic mass is 10.1. The number of nitrogen functional groups attached to an aromatic ring is 1. The normalized spacial score (nSPS) is 11.0. The lowest BCUT2D eigenvalue weighted by molar-refractivity contribution is -0.191. The molecule has 0 bridgehead atoms. The van der Waals surface area contributed by atoms with Crippen LogP contribution < -0.4 is 15.8 Å². The number of pyridine rings is 1. The topological polar surface area (TPSA) is 132 Å². The van der Waals surface area contributed by atoms with Gasteiger partial charge in [0.25, 0.3) is 5.91 Å². The van der Waals surface area contributed by atoms with Crippen molar-refractivity contribution in [1.29, 1.82) is 0 Å². The summed E-state index contributed by atoms with van der Waals surface area (Å²) in [5.41, 5.74) is 8.75. The third kappa shape index (κ3) is 5.79. The van der Waals surface area contributed by atoms with Crippen LogP contribution in [0.25, 0.3) is 10.9 Å². The number of amides is 1. The van der Waals surface area contributed by atoms with E-state index >= 15 is 0 Å². The average Bonchev–Trinajstić information content (AvgIpc) is 2.66. The summed E-state index contributed by atoms with van der Waals surface area (Å²) in [6, 6.07) is 13.4. The van der Waals surface area contributed by atoms with Crippen LogP contribution in [0, 0.1) is 6.92 Å². The number of fused-ring (bicyclic) bond motifs is 1. The molecule has 0 radical (unpaired) electrons. The van der Waals surface area contributed by atoms with Gasteiger partial charge in [-0.25, -0.2) is 0 Å². The first-order chi connectivity index (χ1) is 13.8. The van der Waals surface area contributed by atoms with Gasteiger partial charge in [-0.3, -0.25) is 9.78 Å². The van der Waals surface area contributed by atoms with E-state index in [1.807, 2.05) is 38.1 Å². The van der Waals surface area contributed by atoms with E-state index in [0.29, 0.717) is 17.0 Å². The van der Waals surface area contributed by atoms with Crippen LogP contribution in [0.3, 0.4) is 0 Å². The second kappa shape index (κ2) is 9.87. The third-order valence-corrected chi connectivity index (χ3v) is 3.93. The summed E-state index contributed by atoms with van der Waals surface area (Å²) < 4.78 is 5.88. The van der Waals surface area contributed by atoms with Gasteiger partial charge in [-0.1, -0.05) is 12.1 Å². The second-order valence-corrected chi connectivity index (χ2v) is 6.32. The minimum atomic E-state index is -0.272. The molecule has 0 saturated carbocycles. The van der Waals surface area contributed by atoms with Crippen LogP contribution in [-0.2, 0) is 9.59 Å². The summed E-state index contributed by atoms with van der Waals surface area (Å²) in [5.74, 6) is 0.410. The van der Waals surface area contributed by atoms with E-state index in [4.69, 9.17) is 20.1 Å². The Hall–Kier alpha value is -3.90. The molecular formula is C21H21N3O5. The van der Waals surface area contributed by atoms with Crippen molar-refractivity contribution in [1.82, 2.24) is 10.3 Å². The maximum absolute atomic E-state index is 12.2. The molecule has 3 rings (SSSR count). The van der Waals surface area contributed by atoms with Gasteiger partial charge in [-0.2, -0.15) is 9.59 Å². The van der Waals surface area contributed by atoms with Crippen molar-refractivity contribution >= 4 is 28.6 Å². The molecule has 1 atom stereocenters. The fourth-order valence-corrected chi connectivity index (χ4v) is 2.75. The quantitative estimate of drug-likeness (QED) is 0.604. The Labute approximate surface area is 167 Å². The molecule has 29 heavy (non-hydrogen) atoms. The fourth-order valence-electron chi connectivity index (χ4n) is 2.75. The molecule has 1 heterocycles. The highest BCUT2D eigenvalue weighted by atomic mass is 16.5. The number of ether oxygens (including phenoxy) is 1. The van der Waals surface area contributed by atoms with Gasteiger partial charge in [0.1, 0.15) is 18.1 Å². The van der Waals surface area contributed by atoms with E-state index in [1.54, 1.807) is 12.1 Å². The number of benzene rings is 2. The number of anilines is 1. The minimum absolute atomic E-state index is 0.0515. The Balaban J connectivity index is 0.000000941. The van der Waals surface area contributed by atoms with Gasteiger partial charge < -0.3 is 20.9 Å². The predicted octanol–water partition coefficient (Wildman–Crippen LogP) is 2.44. The number of carbonyl (C=O) groups is 1. The summed E-state index contributed by atoms with van der Waals surface area (Å²) in [5, 5.41) is 13.1. The number of aryl methyl sites for hydroxylation is 1. The Bertz CT molecular complexity index is 1050. The van der Waals surface area contributed by atoms with Crippen molar-refractivity contribution in [3.8, 4) is 11.5 Å². The fraction of sp³-hybridized carbons (Fsp3) is 0.190. The number of hydrogen-bond donors (Lipinski definition) is 3. The van der Waals surface area contributed by atoms with E-state index < -0.39 is 0 Å². The number of aromatic nitrogens is 1. The first-order valence-corrected chi connectivity index (χ1v) is 8.73. The van der Waals surface area contributed by atoms with Gasteiger partial charge in [0.05, 0.1) is 16.9 Å². The van der Waals surface area contributed by atoms with Gasteiger partial charge in [0.15, 0.2) is 0 Å². The molecule has 0 saturated heterocycles. The molecule has 0 aliphatic rings. The highest BCUT2D eigenvalue weighted by molar-refractivity contribution is 5.96. The van der Waals surface area contributed by atoms with Crippen molar-refractivity contribution in [2.75, 3.05) is 12.3 Å². The summed E-state index contributed by atoms with van der Waals surface area (Å²) in [4.78, 5) is 32.9. The van der Waals surface area contributed by atoms with E-state index in [-0.39, 0.29) is 30.5 Å². The maximum atomic E-state index is 12.2. The molecule has 0 spiro atoms. The number of carbonyl (C=O) groups excluding carboxylic acids is 3. The number of hydrogen-bond acceptors (Lipinski definition) is 7. The van der Waals surface area contributed by atoms with Gasteiger partial charge in [0, 0.05) is 16.9 Å². The number of phenols is 1. The van der Waals surface area contributed by atoms with E-state index in [0.717, 1.165) is 16.6 Å². The maximum Gasteiger partial charge on any atom is 0.373 e. The monoisotopic (exact) mass is 395 g/mol. The first kappa shape index (κ1) is 21.4. The number of nitrogens with one attached hydrogen (secondary N) is 1. The zero-order chi connectivity index (χ0) is 21.4. The number of nitrogens with two attached hydrogens (primary N) is 1. The number of aromatic hydroxyl groups is 1. The summed E-state index contributed by atoms with van der Waals surface area (Å²) in [6.07, 6.45) is 0.250.